The van der Waals surface area contributed by atoms with Crippen LogP contribution in [0.5, 0.6) is 0 Å². The first-order valence-electron chi connectivity index (χ1n) is 10.1. The van der Waals surface area contributed by atoms with Gasteiger partial charge in [0.25, 0.3) is 5.91 Å². The molecule has 152 valence electrons. The first-order valence-corrected chi connectivity index (χ1v) is 10.1. The molecular weight excluding hydrogens is 356 g/mol. The third-order valence-corrected chi connectivity index (χ3v) is 5.26. The summed E-state index contributed by atoms with van der Waals surface area (Å²) in [6.07, 6.45) is 4.44. The van der Waals surface area contributed by atoms with Crippen molar-refractivity contribution in [3.8, 4) is 0 Å². The van der Waals surface area contributed by atoms with Gasteiger partial charge in [-0.05, 0) is 45.2 Å². The third-order valence-electron chi connectivity index (χ3n) is 5.26. The molecule has 1 saturated heterocycles. The molecule has 2 aromatic heterocycles. The summed E-state index contributed by atoms with van der Waals surface area (Å²) in [7, 11) is 0. The smallest absolute Gasteiger partial charge is 0.317 e. The molecule has 3 heterocycles. The molecule has 3 amide bonds. The lowest BCUT2D eigenvalue weighted by Gasteiger charge is -2.19. The fraction of sp³-hybridized carbons (Fsp3) is 0.600. The van der Waals surface area contributed by atoms with Gasteiger partial charge in [-0.25, -0.2) is 4.79 Å². The Hall–Kier alpha value is -2.64. The lowest BCUT2D eigenvalue weighted by Crippen LogP contribution is -2.41. The van der Waals surface area contributed by atoms with Crippen LogP contribution in [0.1, 0.15) is 69.1 Å². The van der Waals surface area contributed by atoms with Crippen LogP contribution in [0.2, 0.25) is 0 Å². The second-order valence-electron chi connectivity index (χ2n) is 7.73. The maximum Gasteiger partial charge on any atom is 0.317 e. The van der Waals surface area contributed by atoms with Crippen LogP contribution in [0, 0.1) is 0 Å². The van der Waals surface area contributed by atoms with Crippen molar-refractivity contribution in [3.05, 3.63) is 29.7 Å². The second kappa shape index (κ2) is 8.58. The highest BCUT2D eigenvalue weighted by molar-refractivity contribution is 5.94. The lowest BCUT2D eigenvalue weighted by molar-refractivity contribution is 0.0934. The normalized spacial score (nSPS) is 16.9. The number of nitrogens with zero attached hydrogens (tertiary/aromatic N) is 4. The van der Waals surface area contributed by atoms with Gasteiger partial charge in [0.15, 0.2) is 5.65 Å². The minimum Gasteiger partial charge on any atom is -0.349 e. The number of hydrogen-bond donors (Lipinski definition) is 2. The van der Waals surface area contributed by atoms with E-state index in [9.17, 15) is 9.59 Å². The molecule has 0 saturated carbocycles. The SMILES string of the molecule is CCC(CC)NC(=O)c1ccc2nnc(C3CCN(C(=O)NC(C)C)C3)n2c1. The molecular formula is C20H30N6O2. The summed E-state index contributed by atoms with van der Waals surface area (Å²) in [4.78, 5) is 26.7. The molecule has 2 aromatic rings. The fourth-order valence-corrected chi connectivity index (χ4v) is 3.58. The molecule has 2 N–H and O–H groups in total. The number of urea groups is 1. The summed E-state index contributed by atoms with van der Waals surface area (Å²) in [6, 6.07) is 3.83. The van der Waals surface area contributed by atoms with Gasteiger partial charge in [-0.2, -0.15) is 0 Å². The standard InChI is InChI=1S/C20H30N6O2/c1-5-16(6-2)22-19(27)15-7-8-17-23-24-18(26(17)12-15)14-9-10-25(11-14)20(28)21-13(3)4/h7-8,12-14,16H,5-6,9-11H2,1-4H3,(H,21,28)(H,22,27). The maximum absolute atomic E-state index is 12.6. The minimum atomic E-state index is -0.0837. The zero-order valence-electron chi connectivity index (χ0n) is 17.1. The number of pyridine rings is 1. The average molecular weight is 387 g/mol. The zero-order chi connectivity index (χ0) is 20.3. The highest BCUT2D eigenvalue weighted by atomic mass is 16.2. The molecule has 1 aliphatic heterocycles. The Labute approximate surface area is 165 Å². The largest absolute Gasteiger partial charge is 0.349 e. The zero-order valence-corrected chi connectivity index (χ0v) is 17.1. The summed E-state index contributed by atoms with van der Waals surface area (Å²) in [6.45, 7) is 9.32. The van der Waals surface area contributed by atoms with Crippen LogP contribution in [-0.4, -0.2) is 56.6 Å². The van der Waals surface area contributed by atoms with E-state index in [1.807, 2.05) is 29.2 Å². The highest BCUT2D eigenvalue weighted by Gasteiger charge is 2.30. The molecule has 1 aliphatic rings. The van der Waals surface area contributed by atoms with E-state index in [4.69, 9.17) is 0 Å². The first kappa shape index (κ1) is 20.1. The van der Waals surface area contributed by atoms with Gasteiger partial charge in [-0.15, -0.1) is 10.2 Å². The maximum atomic E-state index is 12.6. The van der Waals surface area contributed by atoms with Crippen LogP contribution in [0.3, 0.4) is 0 Å². The van der Waals surface area contributed by atoms with Crippen molar-refractivity contribution in [2.24, 2.45) is 0 Å². The van der Waals surface area contributed by atoms with E-state index in [0.717, 1.165) is 25.1 Å². The Bertz CT molecular complexity index is 842. The Morgan fingerprint density at radius 2 is 1.93 bits per heavy atom. The van der Waals surface area contributed by atoms with Gasteiger partial charge in [-0.1, -0.05) is 13.8 Å². The van der Waals surface area contributed by atoms with Crippen LogP contribution < -0.4 is 10.6 Å². The molecule has 0 spiro atoms. The van der Waals surface area contributed by atoms with E-state index >= 15 is 0 Å². The van der Waals surface area contributed by atoms with Gasteiger partial charge in [0.05, 0.1) is 5.56 Å². The Morgan fingerprint density at radius 1 is 1.18 bits per heavy atom. The number of carbonyl (C=O) groups excluding carboxylic acids is 2. The summed E-state index contributed by atoms with van der Waals surface area (Å²) < 4.78 is 1.89. The van der Waals surface area contributed by atoms with E-state index in [-0.39, 0.29) is 29.9 Å². The van der Waals surface area contributed by atoms with Gasteiger partial charge in [0, 0.05) is 37.3 Å². The van der Waals surface area contributed by atoms with Crippen molar-refractivity contribution < 1.29 is 9.59 Å². The number of fused-ring (bicyclic) bond motifs is 1. The predicted molar refractivity (Wildman–Crippen MR) is 107 cm³/mol. The van der Waals surface area contributed by atoms with Crippen molar-refractivity contribution in [1.29, 1.82) is 0 Å². The predicted octanol–water partition coefficient (Wildman–Crippen LogP) is 2.56. The van der Waals surface area contributed by atoms with E-state index < -0.39 is 0 Å². The molecule has 8 heteroatoms. The van der Waals surface area contributed by atoms with Gasteiger partial charge in [0.1, 0.15) is 5.82 Å². The molecule has 8 nitrogen and oxygen atoms in total. The average Bonchev–Trinajstić information content (AvgIpc) is 3.31. The molecule has 0 aliphatic carbocycles. The van der Waals surface area contributed by atoms with E-state index in [2.05, 4.69) is 34.7 Å². The summed E-state index contributed by atoms with van der Waals surface area (Å²) >= 11 is 0. The third kappa shape index (κ3) is 4.26. The van der Waals surface area contributed by atoms with Crippen molar-refractivity contribution >= 4 is 17.6 Å². The van der Waals surface area contributed by atoms with Crippen LogP contribution in [0.25, 0.3) is 5.65 Å². The first-order chi connectivity index (χ1) is 13.4. The molecule has 1 fully saturated rings. The Kier molecular flexibility index (Phi) is 6.16. The van der Waals surface area contributed by atoms with Gasteiger partial charge >= 0.3 is 6.03 Å². The molecule has 3 rings (SSSR count). The topological polar surface area (TPSA) is 91.6 Å². The van der Waals surface area contributed by atoms with Crippen LogP contribution in [0.4, 0.5) is 4.79 Å². The van der Waals surface area contributed by atoms with E-state index in [0.29, 0.717) is 24.3 Å². The Balaban J connectivity index is 1.78. The number of nitrogens with one attached hydrogen (secondary N) is 2. The van der Waals surface area contributed by atoms with Crippen LogP contribution >= 0.6 is 0 Å². The van der Waals surface area contributed by atoms with Gasteiger partial charge in [0.2, 0.25) is 0 Å². The number of aromatic nitrogens is 3. The molecule has 0 bridgehead atoms. The minimum absolute atomic E-state index is 0.0449. The van der Waals surface area contributed by atoms with Crippen molar-refractivity contribution in [1.82, 2.24) is 30.1 Å². The van der Waals surface area contributed by atoms with Crippen molar-refractivity contribution in [2.75, 3.05) is 13.1 Å². The quantitative estimate of drug-likeness (QED) is 0.798. The summed E-state index contributed by atoms with van der Waals surface area (Å²) in [5.41, 5.74) is 1.30. The molecule has 0 aromatic carbocycles. The number of hydrogen-bond acceptors (Lipinski definition) is 4. The molecule has 1 unspecified atom stereocenters. The molecule has 1 atom stereocenters. The molecule has 0 radical (unpaired) electrons. The number of likely N-dealkylation sites (tertiary alicyclic amines) is 1. The number of amides is 3. The number of rotatable bonds is 6. The van der Waals surface area contributed by atoms with Crippen molar-refractivity contribution in [2.45, 2.75) is 65.0 Å². The summed E-state index contributed by atoms with van der Waals surface area (Å²) in [5.74, 6) is 0.817. The van der Waals surface area contributed by atoms with Crippen LogP contribution in [0.15, 0.2) is 18.3 Å². The van der Waals surface area contributed by atoms with E-state index in [1.165, 1.54) is 0 Å². The van der Waals surface area contributed by atoms with E-state index in [1.54, 1.807) is 12.3 Å². The highest BCUT2D eigenvalue weighted by Crippen LogP contribution is 2.26. The summed E-state index contributed by atoms with van der Waals surface area (Å²) in [5, 5.41) is 14.6. The van der Waals surface area contributed by atoms with Gasteiger partial charge < -0.3 is 15.5 Å². The monoisotopic (exact) mass is 386 g/mol. The van der Waals surface area contributed by atoms with Gasteiger partial charge in [-0.3, -0.25) is 9.20 Å². The van der Waals surface area contributed by atoms with Crippen LogP contribution in [-0.2, 0) is 0 Å². The second-order valence-corrected chi connectivity index (χ2v) is 7.73. The molecule has 28 heavy (non-hydrogen) atoms. The lowest BCUT2D eigenvalue weighted by atomic mass is 10.1. The Morgan fingerprint density at radius 3 is 2.61 bits per heavy atom. The van der Waals surface area contributed by atoms with Crippen molar-refractivity contribution in [3.63, 3.8) is 0 Å². The fourth-order valence-electron chi connectivity index (χ4n) is 3.58. The number of carbonyl (C=O) groups is 2.